The lowest BCUT2D eigenvalue weighted by molar-refractivity contribution is -0.125. The summed E-state index contributed by atoms with van der Waals surface area (Å²) in [6.07, 6.45) is 3.09. The van der Waals surface area contributed by atoms with Crippen molar-refractivity contribution in [2.75, 3.05) is 46.6 Å². The summed E-state index contributed by atoms with van der Waals surface area (Å²) in [5.74, 6) is -0.0951. The van der Waals surface area contributed by atoms with Gasteiger partial charge in [-0.2, -0.15) is 0 Å². The maximum Gasteiger partial charge on any atom is 0.246 e. The fourth-order valence-electron chi connectivity index (χ4n) is 4.50. The van der Waals surface area contributed by atoms with Crippen LogP contribution in [-0.4, -0.2) is 74.6 Å². The molecule has 1 aliphatic heterocycles. The van der Waals surface area contributed by atoms with Gasteiger partial charge in [-0.25, -0.2) is 0 Å². The van der Waals surface area contributed by atoms with Crippen LogP contribution < -0.4 is 5.32 Å². The smallest absolute Gasteiger partial charge is 0.246 e. The Morgan fingerprint density at radius 1 is 1.26 bits per heavy atom. The zero-order chi connectivity index (χ0) is 19.1. The fourth-order valence-corrected chi connectivity index (χ4v) is 4.50. The second-order valence-electron chi connectivity index (χ2n) is 7.72. The number of carbonyl (C=O) groups is 1. The first-order valence-corrected chi connectivity index (χ1v) is 9.96. The van der Waals surface area contributed by atoms with Gasteiger partial charge in [-0.3, -0.25) is 9.69 Å². The molecule has 0 aromatic heterocycles. The van der Waals surface area contributed by atoms with Crippen molar-refractivity contribution < 1.29 is 19.4 Å². The van der Waals surface area contributed by atoms with E-state index >= 15 is 0 Å². The maximum atomic E-state index is 12.0. The quantitative estimate of drug-likeness (QED) is 0.733. The zero-order valence-corrected chi connectivity index (χ0v) is 16.2. The Labute approximate surface area is 161 Å². The van der Waals surface area contributed by atoms with Crippen LogP contribution in [0.25, 0.3) is 0 Å². The summed E-state index contributed by atoms with van der Waals surface area (Å²) in [7, 11) is 1.53. The molecule has 0 radical (unpaired) electrons. The molecule has 3 rings (SSSR count). The molecule has 3 atom stereocenters. The normalized spacial score (nSPS) is 29.9. The van der Waals surface area contributed by atoms with E-state index in [9.17, 15) is 9.90 Å². The predicted octanol–water partition coefficient (Wildman–Crippen LogP) is 1.32. The summed E-state index contributed by atoms with van der Waals surface area (Å²) in [5, 5.41) is 13.9. The van der Waals surface area contributed by atoms with Gasteiger partial charge in [0, 0.05) is 38.2 Å². The Morgan fingerprint density at radius 3 is 2.67 bits per heavy atom. The second kappa shape index (κ2) is 9.64. The molecule has 0 bridgehead atoms. The van der Waals surface area contributed by atoms with Gasteiger partial charge in [0.2, 0.25) is 5.91 Å². The Balaban J connectivity index is 1.77. The molecule has 2 N–H and O–H groups in total. The summed E-state index contributed by atoms with van der Waals surface area (Å²) >= 11 is 0. The molecule has 1 heterocycles. The molecule has 1 aliphatic carbocycles. The van der Waals surface area contributed by atoms with Crippen molar-refractivity contribution in [3.63, 3.8) is 0 Å². The van der Waals surface area contributed by atoms with Crippen LogP contribution in [0.2, 0.25) is 0 Å². The standard InChI is InChI=1S/C21H32N2O4/c1-26-15-20(25)22-16-21(17-5-3-2-4-6-17)9-7-18(19(24)8-10-21)23-11-13-27-14-12-23/h2-6,18-19,24H,7-16H2,1H3,(H,22,25)/t18-,19-,21+/m0/s1. The number of ether oxygens (including phenoxy) is 2. The number of methoxy groups -OCH3 is 1. The van der Waals surface area contributed by atoms with Crippen molar-refractivity contribution in [1.29, 1.82) is 0 Å². The van der Waals surface area contributed by atoms with Gasteiger partial charge in [-0.1, -0.05) is 30.3 Å². The molecule has 2 fully saturated rings. The van der Waals surface area contributed by atoms with Crippen LogP contribution >= 0.6 is 0 Å². The predicted molar refractivity (Wildman–Crippen MR) is 104 cm³/mol. The highest BCUT2D eigenvalue weighted by Crippen LogP contribution is 2.39. The number of aliphatic hydroxyl groups excluding tert-OH is 1. The second-order valence-corrected chi connectivity index (χ2v) is 7.72. The van der Waals surface area contributed by atoms with E-state index in [0.29, 0.717) is 6.54 Å². The summed E-state index contributed by atoms with van der Waals surface area (Å²) in [6, 6.07) is 10.6. The van der Waals surface area contributed by atoms with Crippen molar-refractivity contribution in [2.24, 2.45) is 0 Å². The van der Waals surface area contributed by atoms with Gasteiger partial charge >= 0.3 is 0 Å². The lowest BCUT2D eigenvalue weighted by atomic mass is 9.74. The van der Waals surface area contributed by atoms with E-state index < -0.39 is 0 Å². The number of rotatable bonds is 6. The van der Waals surface area contributed by atoms with Gasteiger partial charge in [0.25, 0.3) is 0 Å². The van der Waals surface area contributed by atoms with Crippen LogP contribution in [0.15, 0.2) is 30.3 Å². The number of benzene rings is 1. The van der Waals surface area contributed by atoms with E-state index in [2.05, 4.69) is 34.5 Å². The number of aliphatic hydroxyl groups is 1. The van der Waals surface area contributed by atoms with E-state index in [-0.39, 0.29) is 30.1 Å². The molecule has 1 aromatic rings. The Bertz CT molecular complexity index is 591. The van der Waals surface area contributed by atoms with Crippen LogP contribution in [0.3, 0.4) is 0 Å². The minimum Gasteiger partial charge on any atom is -0.391 e. The van der Waals surface area contributed by atoms with E-state index in [1.165, 1.54) is 12.7 Å². The molecule has 150 valence electrons. The highest BCUT2D eigenvalue weighted by molar-refractivity contribution is 5.77. The van der Waals surface area contributed by atoms with Gasteiger partial charge in [-0.15, -0.1) is 0 Å². The van der Waals surface area contributed by atoms with Crippen LogP contribution in [0.5, 0.6) is 0 Å². The minimum absolute atomic E-state index is 0.0733. The SMILES string of the molecule is COCC(=O)NC[C@]1(c2ccccc2)CC[C@H](O)[C@@H](N2CCOCC2)CC1. The Kier molecular flexibility index (Phi) is 7.24. The van der Waals surface area contributed by atoms with Crippen molar-refractivity contribution in [1.82, 2.24) is 10.2 Å². The molecule has 1 saturated carbocycles. The molecule has 1 saturated heterocycles. The highest BCUT2D eigenvalue weighted by atomic mass is 16.5. The molecular weight excluding hydrogens is 344 g/mol. The first-order valence-electron chi connectivity index (χ1n) is 9.96. The Morgan fingerprint density at radius 2 is 1.96 bits per heavy atom. The van der Waals surface area contributed by atoms with Gasteiger partial charge in [0.15, 0.2) is 0 Å². The van der Waals surface area contributed by atoms with Crippen LogP contribution in [0.4, 0.5) is 0 Å². The van der Waals surface area contributed by atoms with E-state index in [1.54, 1.807) is 0 Å². The maximum absolute atomic E-state index is 12.0. The average Bonchev–Trinajstić information content (AvgIpc) is 2.88. The first kappa shape index (κ1) is 20.3. The van der Waals surface area contributed by atoms with Crippen LogP contribution in [0.1, 0.15) is 31.2 Å². The summed E-state index contributed by atoms with van der Waals surface area (Å²) in [6.45, 7) is 3.88. The summed E-state index contributed by atoms with van der Waals surface area (Å²) in [4.78, 5) is 14.4. The highest BCUT2D eigenvalue weighted by Gasteiger charge is 2.40. The van der Waals surface area contributed by atoms with Crippen molar-refractivity contribution in [3.8, 4) is 0 Å². The monoisotopic (exact) mass is 376 g/mol. The summed E-state index contributed by atoms with van der Waals surface area (Å²) in [5.41, 5.74) is 1.07. The Hall–Kier alpha value is -1.47. The molecule has 27 heavy (non-hydrogen) atoms. The van der Waals surface area contributed by atoms with Gasteiger partial charge in [-0.05, 0) is 31.2 Å². The third kappa shape index (κ3) is 5.08. The molecule has 6 heteroatoms. The number of hydrogen-bond acceptors (Lipinski definition) is 5. The largest absolute Gasteiger partial charge is 0.391 e. The molecule has 0 spiro atoms. The molecular formula is C21H32N2O4. The van der Waals surface area contributed by atoms with E-state index in [4.69, 9.17) is 9.47 Å². The topological polar surface area (TPSA) is 71.0 Å². The van der Waals surface area contributed by atoms with Crippen LogP contribution in [0, 0.1) is 0 Å². The summed E-state index contributed by atoms with van der Waals surface area (Å²) < 4.78 is 10.4. The lowest BCUT2D eigenvalue weighted by Crippen LogP contribution is -2.48. The minimum atomic E-state index is -0.344. The first-order chi connectivity index (χ1) is 13.1. The van der Waals surface area contributed by atoms with Gasteiger partial charge < -0.3 is 19.9 Å². The lowest BCUT2D eigenvalue weighted by Gasteiger charge is -2.37. The number of hydrogen-bond donors (Lipinski definition) is 2. The van der Waals surface area contributed by atoms with Crippen molar-refractivity contribution in [3.05, 3.63) is 35.9 Å². The fraction of sp³-hybridized carbons (Fsp3) is 0.667. The molecule has 1 amide bonds. The van der Waals surface area contributed by atoms with Gasteiger partial charge in [0.05, 0.1) is 19.3 Å². The van der Waals surface area contributed by atoms with Crippen molar-refractivity contribution in [2.45, 2.75) is 43.2 Å². The number of nitrogens with one attached hydrogen (secondary N) is 1. The van der Waals surface area contributed by atoms with Crippen LogP contribution in [-0.2, 0) is 19.7 Å². The van der Waals surface area contributed by atoms with E-state index in [0.717, 1.165) is 52.0 Å². The van der Waals surface area contributed by atoms with Crippen molar-refractivity contribution >= 4 is 5.91 Å². The third-order valence-corrected chi connectivity index (χ3v) is 6.08. The average molecular weight is 376 g/mol. The molecule has 6 nitrogen and oxygen atoms in total. The zero-order valence-electron chi connectivity index (χ0n) is 16.2. The number of amides is 1. The number of morpholine rings is 1. The molecule has 0 unspecified atom stereocenters. The number of nitrogens with zero attached hydrogens (tertiary/aromatic N) is 1. The third-order valence-electron chi connectivity index (χ3n) is 6.08. The molecule has 2 aliphatic rings. The number of carbonyl (C=O) groups excluding carboxylic acids is 1. The van der Waals surface area contributed by atoms with E-state index in [1.807, 2.05) is 6.07 Å². The molecule has 1 aromatic carbocycles. The van der Waals surface area contributed by atoms with Gasteiger partial charge in [0.1, 0.15) is 6.61 Å².